The van der Waals surface area contributed by atoms with Gasteiger partial charge in [-0.1, -0.05) is 17.8 Å². The molecule has 2 aromatic rings. The van der Waals surface area contributed by atoms with Crippen molar-refractivity contribution in [3.05, 3.63) is 42.4 Å². The van der Waals surface area contributed by atoms with E-state index in [9.17, 15) is 4.79 Å². The quantitative estimate of drug-likeness (QED) is 0.911. The Kier molecular flexibility index (Phi) is 3.78. The van der Waals surface area contributed by atoms with Crippen LogP contribution in [0.5, 0.6) is 5.75 Å². The summed E-state index contributed by atoms with van der Waals surface area (Å²) in [6.45, 7) is 0. The summed E-state index contributed by atoms with van der Waals surface area (Å²) in [5, 5.41) is 9.36. The number of aromatic nitrogens is 2. The number of carbonyl (C=O) groups is 1. The largest absolute Gasteiger partial charge is 0.497 e. The lowest BCUT2D eigenvalue weighted by molar-refractivity contribution is 0.0689. The molecule has 18 heavy (non-hydrogen) atoms. The first kappa shape index (κ1) is 12.4. The third-order valence-electron chi connectivity index (χ3n) is 2.10. The van der Waals surface area contributed by atoms with Crippen LogP contribution < -0.4 is 4.74 Å². The monoisotopic (exact) mass is 262 g/mol. The zero-order valence-corrected chi connectivity index (χ0v) is 10.3. The predicted molar refractivity (Wildman–Crippen MR) is 66.1 cm³/mol. The molecule has 92 valence electrons. The van der Waals surface area contributed by atoms with Gasteiger partial charge in [0.2, 0.25) is 0 Å². The number of carboxylic acid groups (broad SMARTS) is 1. The van der Waals surface area contributed by atoms with E-state index in [0.717, 1.165) is 10.6 Å². The number of ether oxygens (including phenoxy) is 1. The predicted octanol–water partition coefficient (Wildman–Crippen LogP) is 2.33. The zero-order chi connectivity index (χ0) is 13.0. The highest BCUT2D eigenvalue weighted by molar-refractivity contribution is 7.99. The Bertz CT molecular complexity index is 575. The number of hydrogen-bond acceptors (Lipinski definition) is 5. The van der Waals surface area contributed by atoms with Crippen LogP contribution in [-0.2, 0) is 0 Å². The molecule has 5 nitrogen and oxygen atoms in total. The normalized spacial score (nSPS) is 10.1. The van der Waals surface area contributed by atoms with Crippen molar-refractivity contribution >= 4 is 17.7 Å². The summed E-state index contributed by atoms with van der Waals surface area (Å²) in [4.78, 5) is 19.5. The molecular formula is C12H10N2O3S. The Labute approximate surface area is 108 Å². The third kappa shape index (κ3) is 2.98. The van der Waals surface area contributed by atoms with Gasteiger partial charge in [0, 0.05) is 4.90 Å². The van der Waals surface area contributed by atoms with Crippen molar-refractivity contribution in [2.24, 2.45) is 0 Å². The van der Waals surface area contributed by atoms with Crippen LogP contribution in [0.1, 0.15) is 10.5 Å². The van der Waals surface area contributed by atoms with Gasteiger partial charge in [0.1, 0.15) is 10.8 Å². The van der Waals surface area contributed by atoms with Crippen LogP contribution in [0.3, 0.4) is 0 Å². The maximum atomic E-state index is 10.8. The lowest BCUT2D eigenvalue weighted by Gasteiger charge is -2.03. The van der Waals surface area contributed by atoms with Crippen molar-refractivity contribution in [3.8, 4) is 5.75 Å². The molecule has 0 unspecified atom stereocenters. The summed E-state index contributed by atoms with van der Waals surface area (Å²) in [5.41, 5.74) is -0.0668. The van der Waals surface area contributed by atoms with Gasteiger partial charge < -0.3 is 9.84 Å². The summed E-state index contributed by atoms with van der Waals surface area (Å²) in [6, 6.07) is 7.43. The molecule has 0 saturated carbocycles. The minimum Gasteiger partial charge on any atom is -0.497 e. The smallest absolute Gasteiger partial charge is 0.356 e. The molecular weight excluding hydrogens is 252 g/mol. The van der Waals surface area contributed by atoms with Crippen LogP contribution >= 0.6 is 11.8 Å². The van der Waals surface area contributed by atoms with E-state index in [4.69, 9.17) is 9.84 Å². The fraction of sp³-hybridized carbons (Fsp3) is 0.0833. The molecule has 1 aromatic carbocycles. The zero-order valence-electron chi connectivity index (χ0n) is 9.53. The lowest BCUT2D eigenvalue weighted by atomic mass is 10.3. The first-order valence-electron chi connectivity index (χ1n) is 5.06. The van der Waals surface area contributed by atoms with E-state index in [0.29, 0.717) is 5.03 Å². The van der Waals surface area contributed by atoms with E-state index in [1.807, 2.05) is 24.3 Å². The highest BCUT2D eigenvalue weighted by Gasteiger charge is 2.07. The minimum atomic E-state index is -1.09. The maximum absolute atomic E-state index is 10.8. The summed E-state index contributed by atoms with van der Waals surface area (Å²) >= 11 is 1.33. The number of hydrogen-bond donors (Lipinski definition) is 1. The molecule has 1 N–H and O–H groups in total. The highest BCUT2D eigenvalue weighted by atomic mass is 32.2. The Balaban J connectivity index is 2.22. The highest BCUT2D eigenvalue weighted by Crippen LogP contribution is 2.28. The Hall–Kier alpha value is -2.08. The van der Waals surface area contributed by atoms with Crippen LogP contribution in [0, 0.1) is 0 Å². The van der Waals surface area contributed by atoms with E-state index in [1.54, 1.807) is 7.11 Å². The first-order valence-corrected chi connectivity index (χ1v) is 5.88. The van der Waals surface area contributed by atoms with Gasteiger partial charge in [-0.2, -0.15) is 0 Å². The van der Waals surface area contributed by atoms with Gasteiger partial charge in [0.05, 0.1) is 19.5 Å². The second kappa shape index (κ2) is 5.50. The fourth-order valence-electron chi connectivity index (χ4n) is 1.29. The van der Waals surface area contributed by atoms with Gasteiger partial charge in [0.15, 0.2) is 5.69 Å². The summed E-state index contributed by atoms with van der Waals surface area (Å²) in [5.74, 6) is -0.349. The number of nitrogens with zero attached hydrogens (tertiary/aromatic N) is 2. The molecule has 0 atom stereocenters. The van der Waals surface area contributed by atoms with Crippen molar-refractivity contribution < 1.29 is 14.6 Å². The van der Waals surface area contributed by atoms with Crippen LogP contribution in [0.4, 0.5) is 0 Å². The van der Waals surface area contributed by atoms with Crippen LogP contribution in [0.15, 0.2) is 46.6 Å². The second-order valence-corrected chi connectivity index (χ2v) is 4.42. The van der Waals surface area contributed by atoms with E-state index in [1.165, 1.54) is 24.2 Å². The average Bonchev–Trinajstić information content (AvgIpc) is 2.39. The van der Waals surface area contributed by atoms with Crippen molar-refractivity contribution in [3.63, 3.8) is 0 Å². The Morgan fingerprint density at radius 1 is 1.39 bits per heavy atom. The molecule has 2 rings (SSSR count). The summed E-state index contributed by atoms with van der Waals surface area (Å²) < 4.78 is 5.11. The van der Waals surface area contributed by atoms with Crippen LogP contribution in [-0.4, -0.2) is 28.2 Å². The minimum absolute atomic E-state index is 0.0668. The van der Waals surface area contributed by atoms with Gasteiger partial charge >= 0.3 is 5.97 Å². The van der Waals surface area contributed by atoms with Crippen molar-refractivity contribution in [1.29, 1.82) is 0 Å². The van der Waals surface area contributed by atoms with Gasteiger partial charge in [-0.05, 0) is 18.2 Å². The molecule has 0 bridgehead atoms. The Morgan fingerprint density at radius 2 is 2.22 bits per heavy atom. The summed E-state index contributed by atoms with van der Waals surface area (Å²) in [7, 11) is 1.59. The van der Waals surface area contributed by atoms with Crippen molar-refractivity contribution in [2.75, 3.05) is 7.11 Å². The molecule has 1 aromatic heterocycles. The molecule has 0 aliphatic rings. The van der Waals surface area contributed by atoms with Crippen LogP contribution in [0.2, 0.25) is 0 Å². The molecule has 0 fully saturated rings. The van der Waals surface area contributed by atoms with Crippen LogP contribution in [0.25, 0.3) is 0 Å². The molecule has 0 aliphatic carbocycles. The van der Waals surface area contributed by atoms with Gasteiger partial charge in [0.25, 0.3) is 0 Å². The van der Waals surface area contributed by atoms with Gasteiger partial charge in [-0.3, -0.25) is 4.98 Å². The van der Waals surface area contributed by atoms with Crippen molar-refractivity contribution in [1.82, 2.24) is 9.97 Å². The Morgan fingerprint density at radius 3 is 2.94 bits per heavy atom. The van der Waals surface area contributed by atoms with E-state index >= 15 is 0 Å². The third-order valence-corrected chi connectivity index (χ3v) is 2.99. The standard InChI is InChI=1S/C12H10N2O3S/c1-17-8-3-2-4-9(5-8)18-11-7-13-6-10(14-11)12(15)16/h2-7H,1H3,(H,15,16). The molecule has 0 amide bonds. The molecule has 0 radical (unpaired) electrons. The summed E-state index contributed by atoms with van der Waals surface area (Å²) in [6.07, 6.45) is 2.74. The number of methoxy groups -OCH3 is 1. The molecule has 0 saturated heterocycles. The second-order valence-electron chi connectivity index (χ2n) is 3.33. The molecule has 6 heteroatoms. The van der Waals surface area contributed by atoms with E-state index in [-0.39, 0.29) is 5.69 Å². The van der Waals surface area contributed by atoms with Gasteiger partial charge in [-0.15, -0.1) is 0 Å². The average molecular weight is 262 g/mol. The molecule has 1 heterocycles. The maximum Gasteiger partial charge on any atom is 0.356 e. The lowest BCUT2D eigenvalue weighted by Crippen LogP contribution is -2.01. The fourth-order valence-corrected chi connectivity index (χ4v) is 2.11. The topological polar surface area (TPSA) is 72.3 Å². The first-order chi connectivity index (χ1) is 8.69. The molecule has 0 spiro atoms. The molecule has 0 aliphatic heterocycles. The number of carboxylic acids is 1. The number of benzene rings is 1. The van der Waals surface area contributed by atoms with Gasteiger partial charge in [-0.25, -0.2) is 9.78 Å². The SMILES string of the molecule is COc1cccc(Sc2cncc(C(=O)O)n2)c1. The van der Waals surface area contributed by atoms with E-state index < -0.39 is 5.97 Å². The number of rotatable bonds is 4. The van der Waals surface area contributed by atoms with Crippen molar-refractivity contribution in [2.45, 2.75) is 9.92 Å². The van der Waals surface area contributed by atoms with E-state index in [2.05, 4.69) is 9.97 Å². The number of aromatic carboxylic acids is 1.